The summed E-state index contributed by atoms with van der Waals surface area (Å²) < 4.78 is 5.69. The molecule has 0 spiro atoms. The van der Waals surface area contributed by atoms with Crippen LogP contribution in [0.1, 0.15) is 11.8 Å². The van der Waals surface area contributed by atoms with Crippen LogP contribution in [-0.2, 0) is 4.74 Å². The largest absolute Gasteiger partial charge is 0.378 e. The van der Waals surface area contributed by atoms with Crippen molar-refractivity contribution in [1.82, 2.24) is 0 Å². The lowest BCUT2D eigenvalue weighted by Gasteiger charge is -2.14. The van der Waals surface area contributed by atoms with Crippen LogP contribution < -0.4 is 10.2 Å². The zero-order valence-electron chi connectivity index (χ0n) is 9.69. The molecule has 4 heteroatoms. The van der Waals surface area contributed by atoms with Crippen molar-refractivity contribution in [2.75, 3.05) is 31.5 Å². The number of anilines is 1. The highest BCUT2D eigenvalue weighted by Crippen LogP contribution is 2.18. The Hall–Kier alpha value is -0.770. The molecule has 0 unspecified atom stereocenters. The van der Waals surface area contributed by atoms with Gasteiger partial charge in [-0.3, -0.25) is 0 Å². The second-order valence-corrected chi connectivity index (χ2v) is 4.66. The normalized spacial score (nSPS) is 24.7. The van der Waals surface area contributed by atoms with Crippen molar-refractivity contribution >= 4 is 17.3 Å². The van der Waals surface area contributed by atoms with E-state index in [1.807, 2.05) is 14.1 Å². The van der Waals surface area contributed by atoms with E-state index in [4.69, 9.17) is 16.3 Å². The molecular formula is C12H18ClN2O+. The van der Waals surface area contributed by atoms with Gasteiger partial charge in [-0.25, -0.2) is 0 Å². The number of hydrogen-bond donors (Lipinski definition) is 1. The molecule has 0 bridgehead atoms. The molecule has 1 aromatic rings. The molecule has 0 radical (unpaired) electrons. The van der Waals surface area contributed by atoms with Crippen molar-refractivity contribution in [3.8, 4) is 0 Å². The number of benzene rings is 1. The lowest BCUT2D eigenvalue weighted by Crippen LogP contribution is -2.88. The fourth-order valence-corrected chi connectivity index (χ4v) is 2.04. The standard InChI is InChI=1S/C12H17ClN2O/c1-15(2)11-5-3-9(4-6-11)12-14-10(7-13)8-16-12/h3-6,10,12,14H,7-8H2,1-2H3/p+1/t10-,12-/m1/s1. The first-order valence-electron chi connectivity index (χ1n) is 5.50. The van der Waals surface area contributed by atoms with Crippen LogP contribution in [0.2, 0.25) is 0 Å². The van der Waals surface area contributed by atoms with Gasteiger partial charge in [0.2, 0.25) is 6.23 Å². The summed E-state index contributed by atoms with van der Waals surface area (Å²) in [6, 6.07) is 8.85. The summed E-state index contributed by atoms with van der Waals surface area (Å²) in [5, 5.41) is 2.19. The number of hydrogen-bond acceptors (Lipinski definition) is 2. The fraction of sp³-hybridized carbons (Fsp3) is 0.500. The van der Waals surface area contributed by atoms with Crippen molar-refractivity contribution in [1.29, 1.82) is 0 Å². The molecule has 16 heavy (non-hydrogen) atoms. The zero-order chi connectivity index (χ0) is 11.5. The minimum atomic E-state index is 0.111. The molecule has 2 atom stereocenters. The van der Waals surface area contributed by atoms with Gasteiger partial charge in [-0.15, -0.1) is 11.6 Å². The molecule has 0 amide bonds. The van der Waals surface area contributed by atoms with Crippen molar-refractivity contribution in [3.05, 3.63) is 29.8 Å². The number of nitrogens with two attached hydrogens (primary N) is 1. The summed E-state index contributed by atoms with van der Waals surface area (Å²) in [6.07, 6.45) is 0.111. The summed E-state index contributed by atoms with van der Waals surface area (Å²) in [7, 11) is 4.08. The van der Waals surface area contributed by atoms with E-state index in [9.17, 15) is 0 Å². The maximum absolute atomic E-state index is 5.81. The molecule has 2 N–H and O–H groups in total. The van der Waals surface area contributed by atoms with Gasteiger partial charge in [0.1, 0.15) is 12.6 Å². The van der Waals surface area contributed by atoms with Crippen LogP contribution in [0.25, 0.3) is 0 Å². The Kier molecular flexibility index (Phi) is 3.69. The summed E-state index contributed by atoms with van der Waals surface area (Å²) >= 11 is 5.81. The van der Waals surface area contributed by atoms with Crippen molar-refractivity contribution in [3.63, 3.8) is 0 Å². The van der Waals surface area contributed by atoms with E-state index < -0.39 is 0 Å². The van der Waals surface area contributed by atoms with Gasteiger partial charge in [0.15, 0.2) is 0 Å². The molecular weight excluding hydrogens is 224 g/mol. The SMILES string of the molecule is CN(C)c1ccc([C@@H]2[NH2+][C@H](CCl)CO2)cc1. The van der Waals surface area contributed by atoms with Gasteiger partial charge in [-0.05, 0) is 24.3 Å². The van der Waals surface area contributed by atoms with Gasteiger partial charge in [0.05, 0.1) is 5.88 Å². The predicted octanol–water partition coefficient (Wildman–Crippen LogP) is 0.952. The third-order valence-electron chi connectivity index (χ3n) is 2.87. The van der Waals surface area contributed by atoms with Gasteiger partial charge >= 0.3 is 0 Å². The minimum absolute atomic E-state index is 0.111. The Morgan fingerprint density at radius 2 is 2.06 bits per heavy atom. The average molecular weight is 242 g/mol. The van der Waals surface area contributed by atoms with E-state index in [2.05, 4.69) is 34.5 Å². The molecule has 1 aliphatic rings. The molecule has 1 saturated heterocycles. The van der Waals surface area contributed by atoms with E-state index in [-0.39, 0.29) is 6.23 Å². The Labute approximate surface area is 101 Å². The maximum Gasteiger partial charge on any atom is 0.217 e. The Morgan fingerprint density at radius 3 is 2.56 bits per heavy atom. The first-order chi connectivity index (χ1) is 7.70. The van der Waals surface area contributed by atoms with Crippen LogP contribution in [-0.4, -0.2) is 32.6 Å². The second-order valence-electron chi connectivity index (χ2n) is 4.35. The summed E-state index contributed by atoms with van der Waals surface area (Å²) in [5.74, 6) is 0.645. The number of ether oxygens (including phenoxy) is 1. The number of halogens is 1. The summed E-state index contributed by atoms with van der Waals surface area (Å²) in [6.45, 7) is 0.740. The van der Waals surface area contributed by atoms with Crippen LogP contribution in [0.3, 0.4) is 0 Å². The second kappa shape index (κ2) is 5.04. The van der Waals surface area contributed by atoms with Gasteiger partial charge in [-0.1, -0.05) is 0 Å². The van der Waals surface area contributed by atoms with E-state index in [1.54, 1.807) is 0 Å². The highest BCUT2D eigenvalue weighted by atomic mass is 35.5. The van der Waals surface area contributed by atoms with Crippen LogP contribution in [0, 0.1) is 0 Å². The number of rotatable bonds is 3. The van der Waals surface area contributed by atoms with Crippen LogP contribution >= 0.6 is 11.6 Å². The van der Waals surface area contributed by atoms with Gasteiger partial charge in [-0.2, -0.15) is 0 Å². The van der Waals surface area contributed by atoms with Crippen molar-refractivity contribution < 1.29 is 10.1 Å². The minimum Gasteiger partial charge on any atom is -0.378 e. The summed E-state index contributed by atoms with van der Waals surface area (Å²) in [5.41, 5.74) is 2.41. The van der Waals surface area contributed by atoms with Crippen LogP contribution in [0.15, 0.2) is 24.3 Å². The third kappa shape index (κ3) is 2.48. The summed E-state index contributed by atoms with van der Waals surface area (Å²) in [4.78, 5) is 2.09. The number of quaternary nitrogens is 1. The molecule has 2 rings (SSSR count). The Bertz CT molecular complexity index is 339. The number of nitrogens with zero attached hydrogens (tertiary/aromatic N) is 1. The highest BCUT2D eigenvalue weighted by molar-refractivity contribution is 6.18. The molecule has 1 aliphatic heterocycles. The Morgan fingerprint density at radius 1 is 1.38 bits per heavy atom. The number of alkyl halides is 1. The van der Waals surface area contributed by atoms with Gasteiger partial charge < -0.3 is 15.0 Å². The van der Waals surface area contributed by atoms with E-state index in [0.29, 0.717) is 11.9 Å². The van der Waals surface area contributed by atoms with E-state index >= 15 is 0 Å². The third-order valence-corrected chi connectivity index (χ3v) is 3.27. The average Bonchev–Trinajstić information content (AvgIpc) is 2.77. The smallest absolute Gasteiger partial charge is 0.217 e. The van der Waals surface area contributed by atoms with E-state index in [0.717, 1.165) is 6.61 Å². The molecule has 0 aromatic heterocycles. The monoisotopic (exact) mass is 241 g/mol. The lowest BCUT2D eigenvalue weighted by atomic mass is 10.1. The Balaban J connectivity index is 2.05. The fourth-order valence-electron chi connectivity index (χ4n) is 1.85. The van der Waals surface area contributed by atoms with Crippen molar-refractivity contribution in [2.45, 2.75) is 12.3 Å². The van der Waals surface area contributed by atoms with Crippen LogP contribution in [0.5, 0.6) is 0 Å². The molecule has 0 aliphatic carbocycles. The topological polar surface area (TPSA) is 29.1 Å². The maximum atomic E-state index is 5.81. The molecule has 88 valence electrons. The van der Waals surface area contributed by atoms with Crippen molar-refractivity contribution in [2.24, 2.45) is 0 Å². The first kappa shape index (κ1) is 11.7. The van der Waals surface area contributed by atoms with Gasteiger partial charge in [0.25, 0.3) is 0 Å². The lowest BCUT2D eigenvalue weighted by molar-refractivity contribution is -0.721. The van der Waals surface area contributed by atoms with E-state index in [1.165, 1.54) is 11.3 Å². The highest BCUT2D eigenvalue weighted by Gasteiger charge is 2.29. The molecule has 1 heterocycles. The van der Waals surface area contributed by atoms with Crippen LogP contribution in [0.4, 0.5) is 5.69 Å². The predicted molar refractivity (Wildman–Crippen MR) is 65.9 cm³/mol. The quantitative estimate of drug-likeness (QED) is 0.799. The first-order valence-corrected chi connectivity index (χ1v) is 6.04. The molecule has 1 fully saturated rings. The van der Waals surface area contributed by atoms with Gasteiger partial charge in [0, 0.05) is 25.3 Å². The molecule has 0 saturated carbocycles. The molecule has 3 nitrogen and oxygen atoms in total. The zero-order valence-corrected chi connectivity index (χ0v) is 10.4. The molecule has 1 aromatic carbocycles.